The number of carbonyl (C=O) groups is 1. The first-order chi connectivity index (χ1) is 7.35. The van der Waals surface area contributed by atoms with E-state index >= 15 is 0 Å². The first kappa shape index (κ1) is 14.5. The first-order valence-electron chi connectivity index (χ1n) is 6.44. The zero-order chi connectivity index (χ0) is 11.4. The lowest BCUT2D eigenvalue weighted by Gasteiger charge is -2.14. The molecule has 1 atom stereocenters. The summed E-state index contributed by atoms with van der Waals surface area (Å²) in [4.78, 5) is 10.3. The van der Waals surface area contributed by atoms with Crippen molar-refractivity contribution in [3.63, 3.8) is 0 Å². The quantitative estimate of drug-likeness (QED) is 0.382. The summed E-state index contributed by atoms with van der Waals surface area (Å²) in [6, 6.07) is 0. The normalized spacial score (nSPS) is 12.4. The highest BCUT2D eigenvalue weighted by molar-refractivity contribution is 5.37. The van der Waals surface area contributed by atoms with Gasteiger partial charge in [0.2, 0.25) is 0 Å². The molecule has 0 aromatic carbocycles. The van der Waals surface area contributed by atoms with Crippen molar-refractivity contribution in [1.29, 1.82) is 0 Å². The summed E-state index contributed by atoms with van der Waals surface area (Å²) in [6.07, 6.45) is 11.0. The molecule has 2 nitrogen and oxygen atoms in total. The van der Waals surface area contributed by atoms with Gasteiger partial charge in [-0.15, -0.1) is 0 Å². The van der Waals surface area contributed by atoms with E-state index in [0.717, 1.165) is 19.3 Å². The maximum absolute atomic E-state index is 10.3. The lowest BCUT2D eigenvalue weighted by molar-refractivity contribution is -0.134. The van der Waals surface area contributed by atoms with Crippen LogP contribution in [0, 0.1) is 0 Å². The molecule has 0 spiro atoms. The Morgan fingerprint density at radius 3 is 2.13 bits per heavy atom. The monoisotopic (exact) mass is 214 g/mol. The highest BCUT2D eigenvalue weighted by atomic mass is 16.5. The molecule has 0 N–H and O–H groups in total. The van der Waals surface area contributed by atoms with Crippen molar-refractivity contribution in [2.75, 3.05) is 0 Å². The van der Waals surface area contributed by atoms with Crippen molar-refractivity contribution in [2.24, 2.45) is 0 Å². The van der Waals surface area contributed by atoms with Gasteiger partial charge < -0.3 is 4.74 Å². The molecule has 0 aliphatic carbocycles. The third-order valence-electron chi connectivity index (χ3n) is 2.76. The average Bonchev–Trinajstić information content (AvgIpc) is 2.25. The number of unbranched alkanes of at least 4 members (excludes halogenated alkanes) is 5. The molecule has 0 saturated carbocycles. The molecule has 0 aliphatic heterocycles. The van der Waals surface area contributed by atoms with Crippen LogP contribution in [0.25, 0.3) is 0 Å². The first-order valence-corrected chi connectivity index (χ1v) is 6.44. The summed E-state index contributed by atoms with van der Waals surface area (Å²) >= 11 is 0. The summed E-state index contributed by atoms with van der Waals surface area (Å²) < 4.78 is 5.07. The molecular formula is C13H26O2. The molecule has 0 rings (SSSR count). The molecule has 0 radical (unpaired) electrons. The summed E-state index contributed by atoms with van der Waals surface area (Å²) in [5, 5.41) is 0. The molecule has 0 fully saturated rings. The van der Waals surface area contributed by atoms with Crippen molar-refractivity contribution in [2.45, 2.75) is 77.7 Å². The van der Waals surface area contributed by atoms with E-state index in [2.05, 4.69) is 13.8 Å². The van der Waals surface area contributed by atoms with Crippen molar-refractivity contribution in [3.8, 4) is 0 Å². The van der Waals surface area contributed by atoms with E-state index in [0.29, 0.717) is 6.47 Å². The molecular weight excluding hydrogens is 188 g/mol. The van der Waals surface area contributed by atoms with Crippen molar-refractivity contribution in [1.82, 2.24) is 0 Å². The highest BCUT2D eigenvalue weighted by Gasteiger charge is 2.07. The Bertz CT molecular complexity index is 134. The van der Waals surface area contributed by atoms with Gasteiger partial charge >= 0.3 is 0 Å². The Kier molecular flexibility index (Phi) is 11.1. The van der Waals surface area contributed by atoms with Crippen LogP contribution in [-0.4, -0.2) is 12.6 Å². The molecule has 0 saturated heterocycles. The molecule has 0 aromatic rings. The predicted octanol–water partition coefficient (Wildman–Crippen LogP) is 4.08. The standard InChI is InChI=1S/C13H26O2/c1-3-5-7-8-9-11-13(15-12-14)10-6-4-2/h12-13H,3-11H2,1-2H3. The van der Waals surface area contributed by atoms with E-state index in [9.17, 15) is 4.79 Å². The van der Waals surface area contributed by atoms with Crippen LogP contribution in [-0.2, 0) is 9.53 Å². The Morgan fingerprint density at radius 2 is 1.53 bits per heavy atom. The van der Waals surface area contributed by atoms with Gasteiger partial charge in [-0.2, -0.15) is 0 Å². The van der Waals surface area contributed by atoms with Gasteiger partial charge in [-0.05, 0) is 19.3 Å². The number of hydrogen-bond donors (Lipinski definition) is 0. The SMILES string of the molecule is CCCCCCCC(CCCC)OC=O. The second-order valence-electron chi connectivity index (χ2n) is 4.20. The number of rotatable bonds is 11. The predicted molar refractivity (Wildman–Crippen MR) is 63.8 cm³/mol. The Labute approximate surface area is 94.4 Å². The van der Waals surface area contributed by atoms with E-state index in [4.69, 9.17) is 4.74 Å². The molecule has 0 amide bonds. The molecule has 2 heteroatoms. The van der Waals surface area contributed by atoms with Crippen LogP contribution in [0.3, 0.4) is 0 Å². The third-order valence-corrected chi connectivity index (χ3v) is 2.76. The van der Waals surface area contributed by atoms with Gasteiger partial charge in [0, 0.05) is 0 Å². The third kappa shape index (κ3) is 9.77. The zero-order valence-electron chi connectivity index (χ0n) is 10.3. The second-order valence-corrected chi connectivity index (χ2v) is 4.20. The van der Waals surface area contributed by atoms with Gasteiger partial charge in [-0.3, -0.25) is 4.79 Å². The van der Waals surface area contributed by atoms with Gasteiger partial charge in [0.25, 0.3) is 6.47 Å². The van der Waals surface area contributed by atoms with Gasteiger partial charge in [-0.25, -0.2) is 0 Å². The fourth-order valence-corrected chi connectivity index (χ4v) is 1.77. The maximum Gasteiger partial charge on any atom is 0.293 e. The van der Waals surface area contributed by atoms with Crippen LogP contribution in [0.5, 0.6) is 0 Å². The summed E-state index contributed by atoms with van der Waals surface area (Å²) in [5.41, 5.74) is 0. The van der Waals surface area contributed by atoms with Gasteiger partial charge in [-0.1, -0.05) is 52.4 Å². The second kappa shape index (κ2) is 11.5. The van der Waals surface area contributed by atoms with Crippen molar-refractivity contribution in [3.05, 3.63) is 0 Å². The molecule has 0 heterocycles. The highest BCUT2D eigenvalue weighted by Crippen LogP contribution is 2.13. The van der Waals surface area contributed by atoms with Crippen LogP contribution < -0.4 is 0 Å². The van der Waals surface area contributed by atoms with Crippen LogP contribution in [0.2, 0.25) is 0 Å². The van der Waals surface area contributed by atoms with E-state index in [1.807, 2.05) is 0 Å². The van der Waals surface area contributed by atoms with Crippen LogP contribution in [0.1, 0.15) is 71.6 Å². The van der Waals surface area contributed by atoms with Gasteiger partial charge in [0.1, 0.15) is 6.10 Å². The lowest BCUT2D eigenvalue weighted by atomic mass is 10.0. The summed E-state index contributed by atoms with van der Waals surface area (Å²) in [5.74, 6) is 0. The van der Waals surface area contributed by atoms with E-state index < -0.39 is 0 Å². The molecule has 0 aliphatic rings. The molecule has 0 aromatic heterocycles. The van der Waals surface area contributed by atoms with Gasteiger partial charge in [0.15, 0.2) is 0 Å². The minimum absolute atomic E-state index is 0.170. The van der Waals surface area contributed by atoms with Crippen LogP contribution >= 0.6 is 0 Å². The van der Waals surface area contributed by atoms with Crippen LogP contribution in [0.4, 0.5) is 0 Å². The van der Waals surface area contributed by atoms with E-state index in [1.165, 1.54) is 38.5 Å². The Morgan fingerprint density at radius 1 is 0.933 bits per heavy atom. The molecule has 0 bridgehead atoms. The van der Waals surface area contributed by atoms with Gasteiger partial charge in [0.05, 0.1) is 0 Å². The van der Waals surface area contributed by atoms with E-state index in [-0.39, 0.29) is 6.10 Å². The Hall–Kier alpha value is -0.530. The van der Waals surface area contributed by atoms with E-state index in [1.54, 1.807) is 0 Å². The fraction of sp³-hybridized carbons (Fsp3) is 0.923. The molecule has 15 heavy (non-hydrogen) atoms. The summed E-state index contributed by atoms with van der Waals surface area (Å²) in [6.45, 7) is 4.99. The lowest BCUT2D eigenvalue weighted by Crippen LogP contribution is -2.11. The average molecular weight is 214 g/mol. The number of carbonyl (C=O) groups excluding carboxylic acids is 1. The smallest absolute Gasteiger partial charge is 0.293 e. The number of ether oxygens (including phenoxy) is 1. The summed E-state index contributed by atoms with van der Waals surface area (Å²) in [7, 11) is 0. The van der Waals surface area contributed by atoms with Crippen LogP contribution in [0.15, 0.2) is 0 Å². The fourth-order valence-electron chi connectivity index (χ4n) is 1.77. The molecule has 90 valence electrons. The zero-order valence-corrected chi connectivity index (χ0v) is 10.3. The Balaban J connectivity index is 3.42. The van der Waals surface area contributed by atoms with Crippen molar-refractivity contribution < 1.29 is 9.53 Å². The number of hydrogen-bond acceptors (Lipinski definition) is 2. The van der Waals surface area contributed by atoms with Crippen molar-refractivity contribution >= 4 is 6.47 Å². The molecule has 1 unspecified atom stereocenters. The maximum atomic E-state index is 10.3. The minimum atomic E-state index is 0.170. The largest absolute Gasteiger partial charge is 0.465 e. The minimum Gasteiger partial charge on any atom is -0.465 e. The topological polar surface area (TPSA) is 26.3 Å².